The molecule has 1 atom stereocenters. The van der Waals surface area contributed by atoms with Gasteiger partial charge >= 0.3 is 0 Å². The first-order valence-corrected chi connectivity index (χ1v) is 28.1. The molecule has 5 heterocycles. The molecule has 15 heteroatoms. The summed E-state index contributed by atoms with van der Waals surface area (Å²) in [4.78, 5) is 0. The van der Waals surface area contributed by atoms with Crippen LogP contribution in [0, 0.1) is 30.3 Å². The molecule has 0 saturated carbocycles. The molecule has 0 fully saturated rings. The molecule has 0 N–H and O–H groups in total. The molecule has 0 spiro atoms. The van der Waals surface area contributed by atoms with Crippen molar-refractivity contribution >= 4 is 0 Å². The topological polar surface area (TPSA) is 89.1 Å². The van der Waals surface area contributed by atoms with Crippen molar-refractivity contribution in [2.24, 2.45) is 0 Å². The molecule has 88 heavy (non-hydrogen) atoms. The Labute approximate surface area is 586 Å². The fourth-order valence-electron chi connectivity index (χ4n) is 9.04. The van der Waals surface area contributed by atoms with E-state index < -0.39 is 0 Å². The maximum absolute atomic E-state index is 4.54. The first kappa shape index (κ1) is 73.5. The number of benzene rings is 8. The summed E-state index contributed by atoms with van der Waals surface area (Å²) in [6.45, 7) is 10.7. The fourth-order valence-corrected chi connectivity index (χ4v) is 9.04. The van der Waals surface area contributed by atoms with Gasteiger partial charge < -0.3 is 0 Å². The van der Waals surface area contributed by atoms with Crippen molar-refractivity contribution in [2.45, 2.75) is 65.2 Å². The van der Waals surface area contributed by atoms with Gasteiger partial charge in [0.1, 0.15) is 0 Å². The SMILES string of the molecule is CC(C)c1ccnn1-c1[c-]cccc1.CC(c1ccccc1)c1cnn(-c2[c-]cccc2)c1.CCc1ccn(-c2[c-]cccc2)n1.CCc1cnn(-c2[c-]cccc2)c1.[Ir].[Ir].[Ir].[Ir].[Ir].[c-]1ccccc1-n1cc(C(c2ccccc2)c2ccccc2)cn1. The Morgan fingerprint density at radius 3 is 1.17 bits per heavy atom. The smallest absolute Gasteiger partial charge is 0.0625 e. The molecule has 0 aliphatic rings. The molecular formula is C73H67Ir5N10-5. The van der Waals surface area contributed by atoms with Crippen molar-refractivity contribution in [2.75, 3.05) is 0 Å². The van der Waals surface area contributed by atoms with Gasteiger partial charge in [0, 0.05) is 155 Å². The van der Waals surface area contributed by atoms with Gasteiger partial charge in [0.15, 0.2) is 0 Å². The number of aryl methyl sites for hydroxylation is 2. The van der Waals surface area contributed by atoms with E-state index in [4.69, 9.17) is 0 Å². The van der Waals surface area contributed by atoms with E-state index in [-0.39, 0.29) is 106 Å². The average molecular weight is 2050 g/mol. The monoisotopic (exact) mass is 2050 g/mol. The standard InChI is InChI=1S/C22H17N2.C17H15N2.C12H13N2.2C11H11N2.5Ir/c1-4-10-18(11-5-1)22(19-12-6-2-7-13-19)20-16-23-24(17-20)21-14-8-3-9-15-21;1-14(15-8-4-2-5-9-15)16-12-18-19(13-16)17-10-6-3-7-11-17;1-10(2)12-8-9-13-14(12)11-6-4-3-5-7-11;1-2-10-8-12-13(9-10)11-6-4-3-5-7-11;1-2-10-8-9-13(12-10)11-6-4-3-5-7-11;;;;;/h1-14,16-17,22H;2-10,12-14H,1H3;3-6,8-10H,1-2H3;2*3-6,8-9H,2H2,1H3;;;;;/q5*-1;;;;;. The van der Waals surface area contributed by atoms with E-state index in [1.807, 2.05) is 212 Å². The van der Waals surface area contributed by atoms with E-state index in [0.29, 0.717) is 11.8 Å². The molecule has 5 aromatic heterocycles. The van der Waals surface area contributed by atoms with Crippen molar-refractivity contribution in [1.82, 2.24) is 48.9 Å². The quantitative estimate of drug-likeness (QED) is 0.107. The van der Waals surface area contributed by atoms with Crippen LogP contribution in [-0.2, 0) is 113 Å². The molecule has 459 valence electrons. The van der Waals surface area contributed by atoms with Gasteiger partial charge in [-0.05, 0) is 87.1 Å². The zero-order valence-electron chi connectivity index (χ0n) is 49.3. The molecule has 13 rings (SSSR count). The van der Waals surface area contributed by atoms with Gasteiger partial charge in [-0.25, -0.2) is 0 Å². The van der Waals surface area contributed by atoms with E-state index >= 15 is 0 Å². The Bertz CT molecular complexity index is 3760. The van der Waals surface area contributed by atoms with E-state index in [0.717, 1.165) is 47.0 Å². The second kappa shape index (κ2) is 39.1. The average Bonchev–Trinajstić information content (AvgIpc) is 4.16. The molecule has 0 saturated heterocycles. The van der Waals surface area contributed by atoms with E-state index in [1.54, 1.807) is 0 Å². The predicted octanol–water partition coefficient (Wildman–Crippen LogP) is 15.9. The Kier molecular flexibility index (Phi) is 32.7. The number of hydrogen-bond donors (Lipinski definition) is 0. The fraction of sp³-hybridized carbons (Fsp3) is 0.137. The van der Waals surface area contributed by atoms with Crippen LogP contribution in [0.4, 0.5) is 0 Å². The third kappa shape index (κ3) is 21.1. The number of nitrogens with zero attached hydrogens (tertiary/aromatic N) is 10. The molecule has 0 aliphatic heterocycles. The molecule has 8 aromatic carbocycles. The van der Waals surface area contributed by atoms with E-state index in [2.05, 4.69) is 176 Å². The van der Waals surface area contributed by atoms with E-state index in [9.17, 15) is 0 Å². The first-order valence-electron chi connectivity index (χ1n) is 28.1. The van der Waals surface area contributed by atoms with Crippen molar-refractivity contribution in [3.63, 3.8) is 0 Å². The van der Waals surface area contributed by atoms with Crippen LogP contribution in [0.2, 0.25) is 0 Å². The Balaban J connectivity index is 0.000000237. The normalized spacial score (nSPS) is 10.4. The van der Waals surface area contributed by atoms with Gasteiger partial charge in [0.25, 0.3) is 0 Å². The summed E-state index contributed by atoms with van der Waals surface area (Å²) >= 11 is 0. The van der Waals surface area contributed by atoms with Crippen LogP contribution in [0.1, 0.15) is 97.1 Å². The molecule has 1 unspecified atom stereocenters. The maximum Gasteiger partial charge on any atom is 0.0625 e. The summed E-state index contributed by atoms with van der Waals surface area (Å²) in [5, 5.41) is 21.9. The largest absolute Gasteiger partial charge is 0.265 e. The van der Waals surface area contributed by atoms with Gasteiger partial charge in [-0.15, -0.1) is 30.3 Å². The summed E-state index contributed by atoms with van der Waals surface area (Å²) in [5.41, 5.74) is 14.7. The zero-order valence-corrected chi connectivity index (χ0v) is 61.2. The number of aromatic nitrogens is 10. The van der Waals surface area contributed by atoms with E-state index in [1.165, 1.54) is 39.1 Å². The van der Waals surface area contributed by atoms with Crippen LogP contribution in [0.25, 0.3) is 28.4 Å². The minimum atomic E-state index is 0. The second-order valence-corrected chi connectivity index (χ2v) is 19.6. The Morgan fingerprint density at radius 1 is 0.364 bits per heavy atom. The first-order chi connectivity index (χ1) is 40.8. The summed E-state index contributed by atoms with van der Waals surface area (Å²) in [7, 11) is 0. The Hall–Kier alpha value is -6.94. The summed E-state index contributed by atoms with van der Waals surface area (Å²) in [6, 6.07) is 90.7. The molecule has 10 nitrogen and oxygen atoms in total. The van der Waals surface area contributed by atoms with Crippen LogP contribution in [0.5, 0.6) is 0 Å². The van der Waals surface area contributed by atoms with Gasteiger partial charge in [-0.2, -0.15) is 147 Å². The number of para-hydroxylation sites is 5. The number of hydrogen-bond acceptors (Lipinski definition) is 5. The minimum absolute atomic E-state index is 0. The molecule has 0 bridgehead atoms. The molecule has 0 amide bonds. The van der Waals surface area contributed by atoms with Crippen LogP contribution in [-0.4, -0.2) is 48.9 Å². The predicted molar refractivity (Wildman–Crippen MR) is 333 cm³/mol. The van der Waals surface area contributed by atoms with Crippen LogP contribution < -0.4 is 0 Å². The molecular weight excluding hydrogens is 1980 g/mol. The van der Waals surface area contributed by atoms with Crippen molar-refractivity contribution in [3.8, 4) is 28.4 Å². The van der Waals surface area contributed by atoms with Crippen molar-refractivity contribution in [3.05, 3.63) is 349 Å². The second-order valence-electron chi connectivity index (χ2n) is 19.6. The van der Waals surface area contributed by atoms with Crippen LogP contribution >= 0.6 is 0 Å². The summed E-state index contributed by atoms with van der Waals surface area (Å²) in [5.74, 6) is 0.995. The Morgan fingerprint density at radius 2 is 0.761 bits per heavy atom. The van der Waals surface area contributed by atoms with Gasteiger partial charge in [-0.3, -0.25) is 23.4 Å². The van der Waals surface area contributed by atoms with Gasteiger partial charge in [0.05, 0.1) is 24.3 Å². The third-order valence-electron chi connectivity index (χ3n) is 13.6. The van der Waals surface area contributed by atoms with Gasteiger partial charge in [0.2, 0.25) is 0 Å². The van der Waals surface area contributed by atoms with Crippen molar-refractivity contribution < 1.29 is 101 Å². The van der Waals surface area contributed by atoms with Crippen molar-refractivity contribution in [1.29, 1.82) is 0 Å². The minimum Gasteiger partial charge on any atom is -0.265 e. The van der Waals surface area contributed by atoms with Crippen LogP contribution in [0.15, 0.2) is 274 Å². The summed E-state index contributed by atoms with van der Waals surface area (Å²) < 4.78 is 9.38. The van der Waals surface area contributed by atoms with Crippen LogP contribution in [0.3, 0.4) is 0 Å². The molecule has 0 aliphatic carbocycles. The molecule has 5 radical (unpaired) electrons. The third-order valence-corrected chi connectivity index (χ3v) is 13.6. The molecule has 13 aromatic rings. The summed E-state index contributed by atoms with van der Waals surface area (Å²) in [6.07, 6.45) is 17.8. The van der Waals surface area contributed by atoms with Gasteiger partial charge in [-0.1, -0.05) is 126 Å². The zero-order chi connectivity index (χ0) is 57.4. The maximum atomic E-state index is 4.54. The number of rotatable bonds is 13.